The normalized spacial score (nSPS) is 13.7. The molecule has 3 rings (SSSR count). The Morgan fingerprint density at radius 1 is 1.29 bits per heavy atom. The van der Waals surface area contributed by atoms with Crippen LogP contribution in [-0.2, 0) is 0 Å². The Hall–Kier alpha value is -1.78. The molecule has 1 aliphatic carbocycles. The van der Waals surface area contributed by atoms with E-state index in [1.807, 2.05) is 13.0 Å². The van der Waals surface area contributed by atoms with Gasteiger partial charge < -0.3 is 9.64 Å². The molecule has 0 atom stereocenters. The Bertz CT molecular complexity index is 755. The third-order valence-electron chi connectivity index (χ3n) is 4.07. The summed E-state index contributed by atoms with van der Waals surface area (Å²) in [5, 5.41) is 0.659. The van der Waals surface area contributed by atoms with Gasteiger partial charge in [-0.05, 0) is 43.4 Å². The number of nitrogens with zero attached hydrogens (tertiary/aromatic N) is 2. The topological polar surface area (TPSA) is 42.4 Å². The smallest absolute Gasteiger partial charge is 0.258 e. The van der Waals surface area contributed by atoms with Crippen molar-refractivity contribution in [2.75, 3.05) is 18.6 Å². The van der Waals surface area contributed by atoms with Gasteiger partial charge in [0.05, 0.1) is 22.3 Å². The summed E-state index contributed by atoms with van der Waals surface area (Å²) in [5.41, 5.74) is 1.98. The Morgan fingerprint density at radius 3 is 2.58 bits per heavy atom. The minimum atomic E-state index is -0.207. The van der Waals surface area contributed by atoms with Crippen molar-refractivity contribution in [2.45, 2.75) is 19.8 Å². The second-order valence-corrected chi connectivity index (χ2v) is 6.86. The summed E-state index contributed by atoms with van der Waals surface area (Å²) >= 11 is 12.3. The van der Waals surface area contributed by atoms with E-state index < -0.39 is 0 Å². The number of benzene rings is 1. The van der Waals surface area contributed by atoms with Gasteiger partial charge in [0, 0.05) is 25.0 Å². The second-order valence-electron chi connectivity index (χ2n) is 6.05. The molecule has 2 aromatic rings. The Labute approximate surface area is 151 Å². The van der Waals surface area contributed by atoms with Crippen LogP contribution in [0.3, 0.4) is 0 Å². The fraction of sp³-hybridized carbons (Fsp3) is 0.333. The van der Waals surface area contributed by atoms with E-state index in [4.69, 9.17) is 27.9 Å². The summed E-state index contributed by atoms with van der Waals surface area (Å²) in [6, 6.07) is 5.44. The number of ether oxygens (including phenoxy) is 1. The first-order valence-corrected chi connectivity index (χ1v) is 8.53. The molecule has 4 nitrogen and oxygen atoms in total. The third-order valence-corrected chi connectivity index (χ3v) is 4.63. The van der Waals surface area contributed by atoms with Gasteiger partial charge in [0.2, 0.25) is 0 Å². The number of pyridine rings is 1. The summed E-state index contributed by atoms with van der Waals surface area (Å²) in [7, 11) is 1.64. The molecule has 126 valence electrons. The number of rotatable bonds is 5. The van der Waals surface area contributed by atoms with Crippen LogP contribution in [-0.4, -0.2) is 24.5 Å². The van der Waals surface area contributed by atoms with Gasteiger partial charge >= 0.3 is 0 Å². The van der Waals surface area contributed by atoms with Crippen molar-refractivity contribution in [1.29, 1.82) is 0 Å². The Balaban J connectivity index is 1.84. The number of hydrogen-bond acceptors (Lipinski definition) is 3. The van der Waals surface area contributed by atoms with Crippen molar-refractivity contribution < 1.29 is 9.53 Å². The average Bonchev–Trinajstić information content (AvgIpc) is 3.37. The molecule has 0 spiro atoms. The molecule has 0 unspecified atom stereocenters. The highest BCUT2D eigenvalue weighted by molar-refractivity contribution is 6.39. The average molecular weight is 365 g/mol. The molecule has 0 bridgehead atoms. The summed E-state index contributed by atoms with van der Waals surface area (Å²) in [5.74, 6) is 1.19. The number of anilines is 1. The van der Waals surface area contributed by atoms with Crippen LogP contribution in [0.4, 0.5) is 5.69 Å². The van der Waals surface area contributed by atoms with Crippen LogP contribution in [0.2, 0.25) is 10.0 Å². The minimum Gasteiger partial charge on any atom is -0.493 e. The number of aryl methyl sites for hydroxylation is 1. The molecule has 0 saturated heterocycles. The summed E-state index contributed by atoms with van der Waals surface area (Å²) in [6.07, 6.45) is 5.37. The lowest BCUT2D eigenvalue weighted by atomic mass is 10.1. The quantitative estimate of drug-likeness (QED) is 0.767. The molecule has 1 amide bonds. The van der Waals surface area contributed by atoms with E-state index in [9.17, 15) is 4.79 Å². The fourth-order valence-corrected chi connectivity index (χ4v) is 3.02. The zero-order chi connectivity index (χ0) is 17.3. The molecule has 1 fully saturated rings. The maximum atomic E-state index is 12.8. The van der Waals surface area contributed by atoms with Crippen LogP contribution in [0, 0.1) is 12.8 Å². The van der Waals surface area contributed by atoms with E-state index in [0.29, 0.717) is 33.8 Å². The lowest BCUT2D eigenvalue weighted by Gasteiger charge is -2.20. The molecule has 0 radical (unpaired) electrons. The first kappa shape index (κ1) is 17.1. The molecule has 1 aliphatic rings. The van der Waals surface area contributed by atoms with Gasteiger partial charge in [-0.2, -0.15) is 0 Å². The van der Waals surface area contributed by atoms with E-state index in [1.165, 1.54) is 30.1 Å². The maximum Gasteiger partial charge on any atom is 0.258 e. The van der Waals surface area contributed by atoms with Crippen LogP contribution in [0.1, 0.15) is 28.8 Å². The van der Waals surface area contributed by atoms with Crippen LogP contribution >= 0.6 is 23.2 Å². The number of hydrogen-bond donors (Lipinski definition) is 0. The van der Waals surface area contributed by atoms with Gasteiger partial charge in [-0.15, -0.1) is 0 Å². The highest BCUT2D eigenvalue weighted by Gasteiger charge is 2.23. The first-order valence-electron chi connectivity index (χ1n) is 7.78. The largest absolute Gasteiger partial charge is 0.493 e. The fourth-order valence-electron chi connectivity index (χ4n) is 2.40. The van der Waals surface area contributed by atoms with Crippen LogP contribution in [0.25, 0.3) is 0 Å². The van der Waals surface area contributed by atoms with Gasteiger partial charge in [-0.3, -0.25) is 9.78 Å². The van der Waals surface area contributed by atoms with E-state index in [-0.39, 0.29) is 5.91 Å². The minimum absolute atomic E-state index is 0.207. The molecule has 6 heteroatoms. The molecular formula is C18H18Cl2N2O2. The lowest BCUT2D eigenvalue weighted by Crippen LogP contribution is -2.27. The van der Waals surface area contributed by atoms with Crippen molar-refractivity contribution in [3.8, 4) is 5.75 Å². The highest BCUT2D eigenvalue weighted by atomic mass is 35.5. The summed E-state index contributed by atoms with van der Waals surface area (Å²) < 4.78 is 5.85. The van der Waals surface area contributed by atoms with Crippen molar-refractivity contribution >= 4 is 34.8 Å². The number of carbonyl (C=O) groups excluding carboxylic acids is 1. The standard InChI is InChI=1S/C18H18Cl2N2O2/c1-11-3-6-13(7-16(11)24-10-12-4-5-12)18(23)22(2)17-14(19)8-21-9-15(17)20/h3,6-9,12H,4-5,10H2,1-2H3. The molecular weight excluding hydrogens is 347 g/mol. The molecule has 24 heavy (non-hydrogen) atoms. The molecule has 0 N–H and O–H groups in total. The van der Waals surface area contributed by atoms with E-state index in [2.05, 4.69) is 4.98 Å². The predicted octanol–water partition coefficient (Wildman–Crippen LogP) is 4.76. The van der Waals surface area contributed by atoms with Crippen LogP contribution in [0.5, 0.6) is 5.75 Å². The number of amides is 1. The van der Waals surface area contributed by atoms with Gasteiger partial charge in [0.1, 0.15) is 5.75 Å². The Kier molecular flexibility index (Phi) is 4.97. The summed E-state index contributed by atoms with van der Waals surface area (Å²) in [4.78, 5) is 18.1. The van der Waals surface area contributed by atoms with Crippen LogP contribution in [0.15, 0.2) is 30.6 Å². The lowest BCUT2D eigenvalue weighted by molar-refractivity contribution is 0.0992. The first-order chi connectivity index (χ1) is 11.5. The number of carbonyl (C=O) groups is 1. The van der Waals surface area contributed by atoms with Crippen molar-refractivity contribution in [3.05, 3.63) is 51.8 Å². The van der Waals surface area contributed by atoms with Crippen molar-refractivity contribution in [3.63, 3.8) is 0 Å². The third kappa shape index (κ3) is 3.65. The van der Waals surface area contributed by atoms with E-state index in [0.717, 1.165) is 11.3 Å². The zero-order valence-corrected chi connectivity index (χ0v) is 15.1. The maximum absolute atomic E-state index is 12.8. The molecule has 1 heterocycles. The van der Waals surface area contributed by atoms with Gasteiger partial charge in [-0.25, -0.2) is 0 Å². The molecule has 0 aliphatic heterocycles. The Morgan fingerprint density at radius 2 is 1.96 bits per heavy atom. The second kappa shape index (κ2) is 6.99. The highest BCUT2D eigenvalue weighted by Crippen LogP contribution is 2.33. The molecule has 1 aromatic carbocycles. The van der Waals surface area contributed by atoms with Crippen molar-refractivity contribution in [2.24, 2.45) is 5.92 Å². The molecule has 1 saturated carbocycles. The number of aromatic nitrogens is 1. The van der Waals surface area contributed by atoms with E-state index in [1.54, 1.807) is 19.2 Å². The predicted molar refractivity (Wildman–Crippen MR) is 96.4 cm³/mol. The van der Waals surface area contributed by atoms with Gasteiger partial charge in [0.15, 0.2) is 0 Å². The summed E-state index contributed by atoms with van der Waals surface area (Å²) in [6.45, 7) is 2.67. The van der Waals surface area contributed by atoms with Crippen LogP contribution < -0.4 is 9.64 Å². The van der Waals surface area contributed by atoms with Crippen molar-refractivity contribution in [1.82, 2.24) is 4.98 Å². The van der Waals surface area contributed by atoms with Gasteiger partial charge in [0.25, 0.3) is 5.91 Å². The van der Waals surface area contributed by atoms with E-state index >= 15 is 0 Å². The van der Waals surface area contributed by atoms with Gasteiger partial charge in [-0.1, -0.05) is 29.3 Å². The zero-order valence-electron chi connectivity index (χ0n) is 13.6. The SMILES string of the molecule is Cc1ccc(C(=O)N(C)c2c(Cl)cncc2Cl)cc1OCC1CC1. The number of halogens is 2. The monoisotopic (exact) mass is 364 g/mol. The molecule has 1 aromatic heterocycles.